The van der Waals surface area contributed by atoms with E-state index in [0.717, 1.165) is 0 Å². The second-order valence-corrected chi connectivity index (χ2v) is 11.3. The molecule has 0 bridgehead atoms. The molecule has 0 N–H and O–H groups in total. The molecule has 1 amide bonds. The topological polar surface area (TPSA) is 91.8 Å². The monoisotopic (exact) mass is 420 g/mol. The van der Waals surface area contributed by atoms with E-state index < -0.39 is 19.9 Å². The molecule has 3 rings (SSSR count). The molecule has 26 heavy (non-hydrogen) atoms. The molecule has 1 aromatic carbocycles. The summed E-state index contributed by atoms with van der Waals surface area (Å²) in [7, 11) is -6.63. The highest BCUT2D eigenvalue weighted by atomic mass is 35.5. The van der Waals surface area contributed by atoms with E-state index in [2.05, 4.69) is 0 Å². The van der Waals surface area contributed by atoms with Crippen LogP contribution in [0.4, 0.5) is 0 Å². The molecule has 2 aliphatic rings. The minimum atomic E-state index is -3.60. The fourth-order valence-corrected chi connectivity index (χ4v) is 6.09. The summed E-state index contributed by atoms with van der Waals surface area (Å²) in [5.74, 6) is -0.318. The number of amides is 1. The fraction of sp³-hybridized carbons (Fsp3) is 0.562. The van der Waals surface area contributed by atoms with Gasteiger partial charge >= 0.3 is 0 Å². The second kappa shape index (κ2) is 7.46. The third kappa shape index (κ3) is 4.21. The van der Waals surface area contributed by atoms with E-state index in [0.29, 0.717) is 17.9 Å². The number of carbonyl (C=O) groups excluding carboxylic acids is 1. The van der Waals surface area contributed by atoms with Gasteiger partial charge in [0.25, 0.3) is 0 Å². The standard InChI is InChI=1S/C16H21ClN2O5S2/c17-14-1-3-15(4-2-14)26(23,24)19-7-5-13(6-8-19)16(20)18-9-11-25(21,22)12-10-18/h1-4,13H,5-12H2. The molecule has 2 aliphatic heterocycles. The van der Waals surface area contributed by atoms with Gasteiger partial charge in [0.1, 0.15) is 0 Å². The maximum Gasteiger partial charge on any atom is 0.243 e. The van der Waals surface area contributed by atoms with Gasteiger partial charge in [-0.15, -0.1) is 0 Å². The zero-order chi connectivity index (χ0) is 18.9. The highest BCUT2D eigenvalue weighted by Crippen LogP contribution is 2.26. The van der Waals surface area contributed by atoms with E-state index in [-0.39, 0.29) is 54.4 Å². The SMILES string of the molecule is O=C(C1CCN(S(=O)(=O)c2ccc(Cl)cc2)CC1)N1CCS(=O)(=O)CC1. The first-order chi connectivity index (χ1) is 12.2. The molecule has 0 aromatic heterocycles. The predicted octanol–water partition coefficient (Wildman–Crippen LogP) is 0.998. The number of hydrogen-bond donors (Lipinski definition) is 0. The summed E-state index contributed by atoms with van der Waals surface area (Å²) >= 11 is 5.80. The lowest BCUT2D eigenvalue weighted by atomic mass is 9.96. The zero-order valence-electron chi connectivity index (χ0n) is 14.2. The highest BCUT2D eigenvalue weighted by Gasteiger charge is 2.35. The van der Waals surface area contributed by atoms with Crippen molar-refractivity contribution in [2.45, 2.75) is 17.7 Å². The zero-order valence-corrected chi connectivity index (χ0v) is 16.6. The fourth-order valence-electron chi connectivity index (χ4n) is 3.29. The Morgan fingerprint density at radius 1 is 1.00 bits per heavy atom. The lowest BCUT2D eigenvalue weighted by Crippen LogP contribution is -2.49. The van der Waals surface area contributed by atoms with E-state index in [1.807, 2.05) is 0 Å². The first-order valence-corrected chi connectivity index (χ1v) is 12.1. The number of benzene rings is 1. The molecule has 7 nitrogen and oxygen atoms in total. The van der Waals surface area contributed by atoms with E-state index >= 15 is 0 Å². The third-order valence-corrected chi connectivity index (χ3v) is 8.68. The Kier molecular flexibility index (Phi) is 5.62. The van der Waals surface area contributed by atoms with Crippen molar-refractivity contribution in [1.29, 1.82) is 0 Å². The second-order valence-electron chi connectivity index (χ2n) is 6.61. The van der Waals surface area contributed by atoms with Crippen molar-refractivity contribution in [2.75, 3.05) is 37.7 Å². The van der Waals surface area contributed by atoms with Crippen LogP contribution >= 0.6 is 11.6 Å². The maximum atomic E-state index is 12.7. The van der Waals surface area contributed by atoms with Crippen molar-refractivity contribution in [3.05, 3.63) is 29.3 Å². The van der Waals surface area contributed by atoms with Crippen molar-refractivity contribution in [2.24, 2.45) is 5.92 Å². The summed E-state index contributed by atoms with van der Waals surface area (Å²) in [4.78, 5) is 14.4. The van der Waals surface area contributed by atoms with Gasteiger partial charge in [0.2, 0.25) is 15.9 Å². The van der Waals surface area contributed by atoms with Crippen molar-refractivity contribution < 1.29 is 21.6 Å². The summed E-state index contributed by atoms with van der Waals surface area (Å²) in [6.07, 6.45) is 0.879. The molecular weight excluding hydrogens is 400 g/mol. The van der Waals surface area contributed by atoms with Gasteiger partial charge in [-0.2, -0.15) is 4.31 Å². The Bertz CT molecular complexity index is 862. The number of carbonyl (C=O) groups is 1. The molecule has 2 heterocycles. The van der Waals surface area contributed by atoms with Crippen LogP contribution in [0, 0.1) is 5.92 Å². The van der Waals surface area contributed by atoms with Crippen molar-refractivity contribution in [3.8, 4) is 0 Å². The molecule has 10 heteroatoms. The summed E-state index contributed by atoms with van der Waals surface area (Å²) < 4.78 is 49.7. The molecular formula is C16H21ClN2O5S2. The number of rotatable bonds is 3. The van der Waals surface area contributed by atoms with Gasteiger partial charge in [-0.05, 0) is 37.1 Å². The van der Waals surface area contributed by atoms with Crippen LogP contribution in [-0.4, -0.2) is 69.6 Å². The Morgan fingerprint density at radius 2 is 1.54 bits per heavy atom. The predicted molar refractivity (Wildman–Crippen MR) is 98.2 cm³/mol. The normalized spacial score (nSPS) is 22.3. The molecule has 2 saturated heterocycles. The number of sulfone groups is 1. The summed E-state index contributed by atoms with van der Waals surface area (Å²) in [5, 5.41) is 0.469. The molecule has 144 valence electrons. The van der Waals surface area contributed by atoms with Crippen LogP contribution in [0.25, 0.3) is 0 Å². The summed E-state index contributed by atoms with van der Waals surface area (Å²) in [6, 6.07) is 6.02. The Balaban J connectivity index is 1.60. The number of hydrogen-bond acceptors (Lipinski definition) is 5. The van der Waals surface area contributed by atoms with E-state index in [4.69, 9.17) is 11.6 Å². The number of nitrogens with zero attached hydrogens (tertiary/aromatic N) is 2. The van der Waals surface area contributed by atoms with Crippen molar-refractivity contribution >= 4 is 37.4 Å². The number of piperidine rings is 1. The van der Waals surface area contributed by atoms with Gasteiger partial charge in [0, 0.05) is 37.1 Å². The smallest absolute Gasteiger partial charge is 0.243 e. The Labute approximate surface area is 158 Å². The van der Waals surface area contributed by atoms with Gasteiger partial charge in [-0.25, -0.2) is 16.8 Å². The van der Waals surface area contributed by atoms with Gasteiger partial charge in [-0.1, -0.05) is 11.6 Å². The van der Waals surface area contributed by atoms with Crippen LogP contribution in [0.3, 0.4) is 0 Å². The van der Waals surface area contributed by atoms with Crippen LogP contribution in [0.15, 0.2) is 29.2 Å². The quantitative estimate of drug-likeness (QED) is 0.727. The maximum absolute atomic E-state index is 12.7. The molecule has 1 aromatic rings. The number of sulfonamides is 1. The first kappa shape index (κ1) is 19.6. The largest absolute Gasteiger partial charge is 0.340 e. The number of halogens is 1. The molecule has 0 spiro atoms. The van der Waals surface area contributed by atoms with Gasteiger partial charge in [0.05, 0.1) is 16.4 Å². The van der Waals surface area contributed by atoms with Crippen LogP contribution in [0.1, 0.15) is 12.8 Å². The van der Waals surface area contributed by atoms with Gasteiger partial charge in [-0.3, -0.25) is 4.79 Å². The van der Waals surface area contributed by atoms with Crippen LogP contribution in [-0.2, 0) is 24.7 Å². The molecule has 0 radical (unpaired) electrons. The van der Waals surface area contributed by atoms with Crippen molar-refractivity contribution in [1.82, 2.24) is 9.21 Å². The average molecular weight is 421 g/mol. The lowest BCUT2D eigenvalue weighted by molar-refractivity contribution is -0.136. The van der Waals surface area contributed by atoms with E-state index in [9.17, 15) is 21.6 Å². The molecule has 0 aliphatic carbocycles. The minimum absolute atomic E-state index is 0.00251. The molecule has 2 fully saturated rings. The van der Waals surface area contributed by atoms with Crippen LogP contribution in [0.5, 0.6) is 0 Å². The molecule has 0 unspecified atom stereocenters. The Morgan fingerprint density at radius 3 is 2.08 bits per heavy atom. The summed E-state index contributed by atoms with van der Waals surface area (Å²) in [6.45, 7) is 0.996. The van der Waals surface area contributed by atoms with Crippen molar-refractivity contribution in [3.63, 3.8) is 0 Å². The third-order valence-electron chi connectivity index (χ3n) is 4.91. The minimum Gasteiger partial charge on any atom is -0.340 e. The van der Waals surface area contributed by atoms with Crippen LogP contribution < -0.4 is 0 Å². The van der Waals surface area contributed by atoms with Crippen LogP contribution in [0.2, 0.25) is 5.02 Å². The van der Waals surface area contributed by atoms with Gasteiger partial charge < -0.3 is 4.90 Å². The highest BCUT2D eigenvalue weighted by molar-refractivity contribution is 7.91. The van der Waals surface area contributed by atoms with Gasteiger partial charge in [0.15, 0.2) is 9.84 Å². The summed E-state index contributed by atoms with van der Waals surface area (Å²) in [5.41, 5.74) is 0. The first-order valence-electron chi connectivity index (χ1n) is 8.44. The lowest BCUT2D eigenvalue weighted by Gasteiger charge is -2.35. The molecule has 0 saturated carbocycles. The Hall–Kier alpha value is -1.16. The average Bonchev–Trinajstić information content (AvgIpc) is 2.62. The van der Waals surface area contributed by atoms with E-state index in [1.54, 1.807) is 4.90 Å². The molecule has 0 atom stereocenters. The van der Waals surface area contributed by atoms with E-state index in [1.165, 1.54) is 28.6 Å².